The van der Waals surface area contributed by atoms with Crippen molar-refractivity contribution in [3.05, 3.63) is 12.1 Å². The van der Waals surface area contributed by atoms with Gasteiger partial charge < -0.3 is 24.7 Å². The Bertz CT molecular complexity index is 591. The zero-order valence-corrected chi connectivity index (χ0v) is 13.3. The molecule has 0 saturated carbocycles. The summed E-state index contributed by atoms with van der Waals surface area (Å²) in [7, 11) is 0. The molecule has 132 valence electrons. The van der Waals surface area contributed by atoms with Crippen molar-refractivity contribution in [1.82, 2.24) is 14.5 Å². The molecule has 2 amide bonds. The molecule has 2 N–H and O–H groups in total. The van der Waals surface area contributed by atoms with Gasteiger partial charge in [0.25, 0.3) is 0 Å². The van der Waals surface area contributed by atoms with E-state index in [4.69, 9.17) is 9.57 Å². The second-order valence-electron chi connectivity index (χ2n) is 5.84. The molecule has 2 saturated heterocycles. The first-order valence-corrected chi connectivity index (χ1v) is 8.03. The number of nitrogens with zero attached hydrogens (tertiary/aromatic N) is 3. The number of rotatable bonds is 2. The lowest BCUT2D eigenvalue weighted by Crippen LogP contribution is -2.56. The number of carbonyl (C=O) groups excluding carboxylic acids is 2. The minimum atomic E-state index is -0.775. The van der Waals surface area contributed by atoms with Gasteiger partial charge in [-0.1, -0.05) is 0 Å². The molecule has 1 unspecified atom stereocenters. The fraction of sp³-hybridized carbons (Fsp3) is 0.600. The maximum absolute atomic E-state index is 12.7. The zero-order valence-electron chi connectivity index (χ0n) is 13.3. The topological polar surface area (TPSA) is 104 Å². The summed E-state index contributed by atoms with van der Waals surface area (Å²) in [6, 6.07) is 1.81. The molecule has 0 spiro atoms. The van der Waals surface area contributed by atoms with Crippen LogP contribution in [0, 0.1) is 0 Å². The van der Waals surface area contributed by atoms with Gasteiger partial charge in [-0.05, 0) is 19.3 Å². The van der Waals surface area contributed by atoms with Crippen LogP contribution in [-0.4, -0.2) is 75.6 Å². The predicted octanol–water partition coefficient (Wildman–Crippen LogP) is 0.161. The fourth-order valence-corrected chi connectivity index (χ4v) is 3.03. The van der Waals surface area contributed by atoms with Crippen LogP contribution in [-0.2, 0) is 9.53 Å². The quantitative estimate of drug-likeness (QED) is 0.795. The zero-order chi connectivity index (χ0) is 17.1. The van der Waals surface area contributed by atoms with Gasteiger partial charge in [0, 0.05) is 31.8 Å². The molecule has 9 nitrogen and oxygen atoms in total. The highest BCUT2D eigenvalue weighted by atomic mass is 16.7. The monoisotopic (exact) mass is 339 g/mol. The van der Waals surface area contributed by atoms with Crippen LogP contribution >= 0.6 is 0 Å². The lowest BCUT2D eigenvalue weighted by atomic mass is 10.0. The first-order chi connectivity index (χ1) is 11.6. The molecule has 1 aromatic heterocycles. The van der Waals surface area contributed by atoms with Crippen LogP contribution in [0.4, 0.5) is 4.79 Å². The van der Waals surface area contributed by atoms with E-state index in [2.05, 4.69) is 0 Å². The first-order valence-electron chi connectivity index (χ1n) is 8.03. The van der Waals surface area contributed by atoms with Crippen LogP contribution in [0.2, 0.25) is 0 Å². The summed E-state index contributed by atoms with van der Waals surface area (Å²) in [4.78, 5) is 33.2. The average molecular weight is 339 g/mol. The van der Waals surface area contributed by atoms with Crippen LogP contribution in [0.5, 0.6) is 11.8 Å². The summed E-state index contributed by atoms with van der Waals surface area (Å²) in [5, 5.41) is 19.2. The third kappa shape index (κ3) is 3.25. The van der Waals surface area contributed by atoms with E-state index in [-0.39, 0.29) is 5.91 Å². The normalized spacial score (nSPS) is 21.6. The number of amides is 2. The van der Waals surface area contributed by atoms with E-state index < -0.39 is 23.9 Å². The Morgan fingerprint density at radius 2 is 1.75 bits per heavy atom. The summed E-state index contributed by atoms with van der Waals surface area (Å²) < 4.78 is 5.88. The number of likely N-dealkylation sites (tertiary alicyclic amines) is 1. The lowest BCUT2D eigenvalue weighted by molar-refractivity contribution is -0.141. The molecule has 2 aliphatic heterocycles. The van der Waals surface area contributed by atoms with Crippen molar-refractivity contribution in [3.8, 4) is 11.8 Å². The minimum absolute atomic E-state index is 0.115. The SMILES string of the molecule is O=C(C1CCCCN1C(=O)On1c(O)ccc1O)N1CCOCC1. The van der Waals surface area contributed by atoms with Crippen LogP contribution in [0.15, 0.2) is 12.1 Å². The van der Waals surface area contributed by atoms with Crippen LogP contribution in [0.25, 0.3) is 0 Å². The number of morpholine rings is 1. The summed E-state index contributed by atoms with van der Waals surface area (Å²) in [6.07, 6.45) is 1.41. The van der Waals surface area contributed by atoms with Gasteiger partial charge in [0.1, 0.15) is 6.04 Å². The van der Waals surface area contributed by atoms with E-state index in [9.17, 15) is 19.8 Å². The third-order valence-electron chi connectivity index (χ3n) is 4.31. The molecular formula is C15H21N3O6. The lowest BCUT2D eigenvalue weighted by Gasteiger charge is -2.37. The van der Waals surface area contributed by atoms with Crippen molar-refractivity contribution >= 4 is 12.0 Å². The van der Waals surface area contributed by atoms with Crippen molar-refractivity contribution < 1.29 is 29.4 Å². The highest BCUT2D eigenvalue weighted by Gasteiger charge is 2.36. The van der Waals surface area contributed by atoms with Gasteiger partial charge in [-0.3, -0.25) is 9.69 Å². The van der Waals surface area contributed by atoms with Gasteiger partial charge in [-0.2, -0.15) is 0 Å². The molecule has 1 aromatic rings. The molecule has 0 bridgehead atoms. The fourth-order valence-electron chi connectivity index (χ4n) is 3.03. The third-order valence-corrected chi connectivity index (χ3v) is 4.31. The number of hydrogen-bond donors (Lipinski definition) is 2. The van der Waals surface area contributed by atoms with E-state index in [1.165, 1.54) is 17.0 Å². The molecule has 1 atom stereocenters. The number of aromatic nitrogens is 1. The van der Waals surface area contributed by atoms with Gasteiger partial charge in [-0.25, -0.2) is 4.79 Å². The van der Waals surface area contributed by atoms with Gasteiger partial charge in [-0.15, -0.1) is 4.73 Å². The highest BCUT2D eigenvalue weighted by molar-refractivity contribution is 5.86. The molecule has 0 aliphatic carbocycles. The van der Waals surface area contributed by atoms with Crippen molar-refractivity contribution in [1.29, 1.82) is 0 Å². The van der Waals surface area contributed by atoms with Gasteiger partial charge >= 0.3 is 6.09 Å². The Hall–Kier alpha value is -2.42. The number of ether oxygens (including phenoxy) is 1. The second kappa shape index (κ2) is 7.00. The molecule has 3 heterocycles. The number of carbonyl (C=O) groups is 2. The Kier molecular flexibility index (Phi) is 4.79. The standard InChI is InChI=1S/C15H21N3O6/c19-12-4-5-13(20)18(12)24-15(22)17-6-2-1-3-11(17)14(21)16-7-9-23-10-8-16/h4-5,11,19-20H,1-3,6-10H2. The Morgan fingerprint density at radius 3 is 2.42 bits per heavy atom. The van der Waals surface area contributed by atoms with Crippen molar-refractivity contribution in [2.24, 2.45) is 0 Å². The van der Waals surface area contributed by atoms with E-state index in [1.807, 2.05) is 0 Å². The molecule has 0 aromatic carbocycles. The number of hydrogen-bond acceptors (Lipinski definition) is 6. The molecule has 2 fully saturated rings. The van der Waals surface area contributed by atoms with Crippen molar-refractivity contribution in [3.63, 3.8) is 0 Å². The van der Waals surface area contributed by atoms with E-state index in [0.29, 0.717) is 44.0 Å². The van der Waals surface area contributed by atoms with Gasteiger partial charge in [0.2, 0.25) is 17.7 Å². The highest BCUT2D eigenvalue weighted by Crippen LogP contribution is 2.23. The Balaban J connectivity index is 1.71. The Morgan fingerprint density at radius 1 is 1.08 bits per heavy atom. The summed E-state index contributed by atoms with van der Waals surface area (Å²) in [5.41, 5.74) is 0. The van der Waals surface area contributed by atoms with E-state index in [0.717, 1.165) is 12.8 Å². The van der Waals surface area contributed by atoms with Crippen LogP contribution < -0.4 is 4.84 Å². The molecule has 3 rings (SSSR count). The van der Waals surface area contributed by atoms with Crippen LogP contribution in [0.3, 0.4) is 0 Å². The maximum atomic E-state index is 12.7. The molecule has 9 heteroatoms. The summed E-state index contributed by atoms with van der Waals surface area (Å²) in [5.74, 6) is -0.904. The summed E-state index contributed by atoms with van der Waals surface area (Å²) >= 11 is 0. The summed E-state index contributed by atoms with van der Waals surface area (Å²) in [6.45, 7) is 2.40. The molecule has 0 radical (unpaired) electrons. The van der Waals surface area contributed by atoms with Crippen molar-refractivity contribution in [2.75, 3.05) is 32.8 Å². The number of piperidine rings is 1. The molecule has 24 heavy (non-hydrogen) atoms. The average Bonchev–Trinajstić information content (AvgIpc) is 2.93. The number of aromatic hydroxyl groups is 2. The second-order valence-corrected chi connectivity index (χ2v) is 5.84. The predicted molar refractivity (Wildman–Crippen MR) is 81.5 cm³/mol. The molecule has 2 aliphatic rings. The minimum Gasteiger partial charge on any atom is -0.492 e. The van der Waals surface area contributed by atoms with E-state index in [1.54, 1.807) is 4.90 Å². The van der Waals surface area contributed by atoms with E-state index >= 15 is 0 Å². The van der Waals surface area contributed by atoms with Crippen molar-refractivity contribution in [2.45, 2.75) is 25.3 Å². The first kappa shape index (κ1) is 16.4. The van der Waals surface area contributed by atoms with Gasteiger partial charge in [0.05, 0.1) is 13.2 Å². The smallest absolute Gasteiger partial charge is 0.435 e. The Labute approximate surface area is 138 Å². The molecular weight excluding hydrogens is 318 g/mol. The van der Waals surface area contributed by atoms with Gasteiger partial charge in [0.15, 0.2) is 0 Å². The van der Waals surface area contributed by atoms with Crippen LogP contribution in [0.1, 0.15) is 19.3 Å². The maximum Gasteiger partial charge on any atom is 0.435 e. The largest absolute Gasteiger partial charge is 0.492 e.